The van der Waals surface area contributed by atoms with E-state index in [0.717, 1.165) is 26.2 Å². The Morgan fingerprint density at radius 1 is 1.09 bits per heavy atom. The van der Waals surface area contributed by atoms with Crippen LogP contribution in [-0.4, -0.2) is 26.9 Å². The molecule has 0 aliphatic rings. The molecule has 0 spiro atoms. The molecule has 0 aromatic rings. The molecule has 0 heterocycles. The molecule has 0 N–H and O–H groups in total. The van der Waals surface area contributed by atoms with Crippen molar-refractivity contribution in [1.82, 2.24) is 0 Å². The highest BCUT2D eigenvalue weighted by Crippen LogP contribution is 2.12. The molecule has 0 saturated carbocycles. The Labute approximate surface area is 69.9 Å². The van der Waals surface area contributed by atoms with Crippen molar-refractivity contribution in [1.29, 1.82) is 0 Å². The van der Waals surface area contributed by atoms with Crippen LogP contribution in [0.1, 0.15) is 27.2 Å². The molecular formula is C9H20O2. The zero-order valence-electron chi connectivity index (χ0n) is 8.14. The molecule has 0 fully saturated rings. The van der Waals surface area contributed by atoms with Crippen molar-refractivity contribution in [2.24, 2.45) is 5.41 Å². The second kappa shape index (κ2) is 5.56. The van der Waals surface area contributed by atoms with E-state index >= 15 is 0 Å². The largest absolute Gasteiger partial charge is 0.385 e. The number of hydrogen-bond acceptors (Lipinski definition) is 2. The van der Waals surface area contributed by atoms with Gasteiger partial charge >= 0.3 is 0 Å². The minimum atomic E-state index is 0.285. The lowest BCUT2D eigenvalue weighted by Gasteiger charge is -2.17. The lowest BCUT2D eigenvalue weighted by Crippen LogP contribution is -2.15. The van der Waals surface area contributed by atoms with E-state index in [1.165, 1.54) is 0 Å². The van der Waals surface area contributed by atoms with Crippen LogP contribution >= 0.6 is 0 Å². The zero-order valence-corrected chi connectivity index (χ0v) is 8.14. The topological polar surface area (TPSA) is 18.5 Å². The number of methoxy groups -OCH3 is 1. The summed E-state index contributed by atoms with van der Waals surface area (Å²) < 4.78 is 10.3. The summed E-state index contributed by atoms with van der Waals surface area (Å²) in [5, 5.41) is 0. The van der Waals surface area contributed by atoms with Crippen molar-refractivity contribution in [2.45, 2.75) is 27.2 Å². The first-order valence-corrected chi connectivity index (χ1v) is 4.13. The Kier molecular flexibility index (Phi) is 5.51. The van der Waals surface area contributed by atoms with Crippen molar-refractivity contribution >= 4 is 0 Å². The maximum absolute atomic E-state index is 5.42. The van der Waals surface area contributed by atoms with Gasteiger partial charge in [0.05, 0.1) is 6.61 Å². The third kappa shape index (κ3) is 9.92. The molecule has 11 heavy (non-hydrogen) atoms. The molecule has 0 aromatic heterocycles. The molecule has 0 atom stereocenters. The Morgan fingerprint density at radius 2 is 1.73 bits per heavy atom. The molecule has 0 radical (unpaired) electrons. The number of rotatable bonds is 5. The van der Waals surface area contributed by atoms with Crippen LogP contribution in [0.5, 0.6) is 0 Å². The number of ether oxygens (including phenoxy) is 2. The second-order valence-corrected chi connectivity index (χ2v) is 3.96. The van der Waals surface area contributed by atoms with Gasteiger partial charge in [-0.05, 0) is 11.8 Å². The van der Waals surface area contributed by atoms with Crippen LogP contribution in [0.25, 0.3) is 0 Å². The molecule has 0 amide bonds. The molecule has 2 heteroatoms. The van der Waals surface area contributed by atoms with Gasteiger partial charge in [-0.1, -0.05) is 20.8 Å². The Balaban J connectivity index is 3.02. The molecule has 0 unspecified atom stereocenters. The van der Waals surface area contributed by atoms with Gasteiger partial charge in [0.1, 0.15) is 0 Å². The van der Waals surface area contributed by atoms with E-state index in [-0.39, 0.29) is 5.41 Å². The third-order valence-electron chi connectivity index (χ3n) is 1.17. The maximum Gasteiger partial charge on any atom is 0.0514 e. The molecule has 68 valence electrons. The summed E-state index contributed by atoms with van der Waals surface area (Å²) in [6.07, 6.45) is 0.993. The highest BCUT2D eigenvalue weighted by molar-refractivity contribution is 4.58. The third-order valence-corrected chi connectivity index (χ3v) is 1.17. The maximum atomic E-state index is 5.42. The second-order valence-electron chi connectivity index (χ2n) is 3.96. The Hall–Kier alpha value is -0.0800. The fourth-order valence-corrected chi connectivity index (χ4v) is 0.684. The normalized spacial score (nSPS) is 12.0. The van der Waals surface area contributed by atoms with Gasteiger partial charge < -0.3 is 9.47 Å². The molecular weight excluding hydrogens is 140 g/mol. The monoisotopic (exact) mass is 160 g/mol. The van der Waals surface area contributed by atoms with Gasteiger partial charge in [-0.25, -0.2) is 0 Å². The van der Waals surface area contributed by atoms with Crippen LogP contribution in [0.2, 0.25) is 0 Å². The molecule has 0 rings (SSSR count). The van der Waals surface area contributed by atoms with E-state index in [1.807, 2.05) is 0 Å². The highest BCUT2D eigenvalue weighted by atomic mass is 16.5. The summed E-state index contributed by atoms with van der Waals surface area (Å²) >= 11 is 0. The summed E-state index contributed by atoms with van der Waals surface area (Å²) in [6.45, 7) is 8.95. The molecule has 0 aliphatic carbocycles. The van der Waals surface area contributed by atoms with Crippen molar-refractivity contribution in [3.05, 3.63) is 0 Å². The van der Waals surface area contributed by atoms with E-state index in [1.54, 1.807) is 7.11 Å². The average Bonchev–Trinajstić information content (AvgIpc) is 1.85. The van der Waals surface area contributed by atoms with Gasteiger partial charge in [-0.2, -0.15) is 0 Å². The summed E-state index contributed by atoms with van der Waals surface area (Å²) in [5.41, 5.74) is 0.285. The van der Waals surface area contributed by atoms with E-state index in [9.17, 15) is 0 Å². The molecule has 0 saturated heterocycles. The van der Waals surface area contributed by atoms with Gasteiger partial charge in [0.2, 0.25) is 0 Å². The van der Waals surface area contributed by atoms with Crippen LogP contribution in [-0.2, 0) is 9.47 Å². The predicted molar refractivity (Wildman–Crippen MR) is 46.8 cm³/mol. The van der Waals surface area contributed by atoms with Crippen LogP contribution in [0.15, 0.2) is 0 Å². The lowest BCUT2D eigenvalue weighted by atomic mass is 9.99. The first-order chi connectivity index (χ1) is 5.06. The fourth-order valence-electron chi connectivity index (χ4n) is 0.684. The minimum absolute atomic E-state index is 0.285. The molecule has 0 aliphatic heterocycles. The average molecular weight is 160 g/mol. The van der Waals surface area contributed by atoms with Gasteiger partial charge in [-0.3, -0.25) is 0 Å². The number of hydrogen-bond donors (Lipinski definition) is 0. The zero-order chi connectivity index (χ0) is 8.74. The summed E-state index contributed by atoms with van der Waals surface area (Å²) in [4.78, 5) is 0. The van der Waals surface area contributed by atoms with Crippen LogP contribution < -0.4 is 0 Å². The quantitative estimate of drug-likeness (QED) is 0.573. The van der Waals surface area contributed by atoms with Crippen molar-refractivity contribution in [3.8, 4) is 0 Å². The van der Waals surface area contributed by atoms with E-state index in [2.05, 4.69) is 20.8 Å². The van der Waals surface area contributed by atoms with E-state index in [4.69, 9.17) is 9.47 Å². The minimum Gasteiger partial charge on any atom is -0.385 e. The fraction of sp³-hybridized carbons (Fsp3) is 1.00. The predicted octanol–water partition coefficient (Wildman–Crippen LogP) is 2.09. The van der Waals surface area contributed by atoms with Crippen molar-refractivity contribution < 1.29 is 9.47 Å². The van der Waals surface area contributed by atoms with Crippen LogP contribution in [0.4, 0.5) is 0 Å². The molecule has 0 bridgehead atoms. The highest BCUT2D eigenvalue weighted by Gasteiger charge is 2.08. The standard InChI is InChI=1S/C9H20O2/c1-9(2,3)8-11-7-5-6-10-4/h5-8H2,1-4H3. The summed E-state index contributed by atoms with van der Waals surface area (Å²) in [6, 6.07) is 0. The smallest absolute Gasteiger partial charge is 0.0514 e. The molecule has 2 nitrogen and oxygen atoms in total. The Morgan fingerprint density at radius 3 is 2.18 bits per heavy atom. The van der Waals surface area contributed by atoms with Gasteiger partial charge in [0.15, 0.2) is 0 Å². The van der Waals surface area contributed by atoms with Gasteiger partial charge in [-0.15, -0.1) is 0 Å². The van der Waals surface area contributed by atoms with E-state index < -0.39 is 0 Å². The first-order valence-electron chi connectivity index (χ1n) is 4.13. The lowest BCUT2D eigenvalue weighted by molar-refractivity contribution is 0.0564. The van der Waals surface area contributed by atoms with Crippen molar-refractivity contribution in [2.75, 3.05) is 26.9 Å². The first kappa shape index (κ1) is 10.9. The van der Waals surface area contributed by atoms with E-state index in [0.29, 0.717) is 0 Å². The SMILES string of the molecule is COCCCOCC(C)(C)C. The Bertz CT molecular complexity index is 84.1. The molecule has 0 aromatic carbocycles. The van der Waals surface area contributed by atoms with Crippen molar-refractivity contribution in [3.63, 3.8) is 0 Å². The van der Waals surface area contributed by atoms with Crippen LogP contribution in [0, 0.1) is 5.41 Å². The summed E-state index contributed by atoms with van der Waals surface area (Å²) in [7, 11) is 1.71. The summed E-state index contributed by atoms with van der Waals surface area (Å²) in [5.74, 6) is 0. The van der Waals surface area contributed by atoms with Crippen LogP contribution in [0.3, 0.4) is 0 Å². The van der Waals surface area contributed by atoms with Gasteiger partial charge in [0, 0.05) is 20.3 Å². The van der Waals surface area contributed by atoms with Gasteiger partial charge in [0.25, 0.3) is 0 Å².